The average Bonchev–Trinajstić information content (AvgIpc) is 2.47. The lowest BCUT2D eigenvalue weighted by molar-refractivity contribution is -0.179. The zero-order chi connectivity index (χ0) is 15.5. The van der Waals surface area contributed by atoms with E-state index in [2.05, 4.69) is 4.90 Å². The van der Waals surface area contributed by atoms with Crippen LogP contribution in [-0.2, 0) is 4.74 Å². The largest absolute Gasteiger partial charge is 0.389 e. The zero-order valence-electron chi connectivity index (χ0n) is 13.3. The number of aliphatic hydroxyl groups is 3. The normalized spacial score (nSPS) is 16.6. The minimum absolute atomic E-state index is 0.0208. The number of nitrogens with zero attached hydrogens (tertiary/aromatic N) is 2. The molecular weight excluding hydrogens is 260 g/mol. The Hall–Kier alpha value is -0.240. The second kappa shape index (κ2) is 11.4. The molecule has 3 N–H and O–H groups in total. The number of likely N-dealkylation sites (N-methyl/N-ethyl adjacent to an activating group) is 2. The van der Waals surface area contributed by atoms with E-state index in [4.69, 9.17) is 4.74 Å². The minimum atomic E-state index is -1.26. The molecule has 0 fully saturated rings. The Bertz CT molecular complexity index is 223. The predicted molar refractivity (Wildman–Crippen MR) is 79.5 cm³/mol. The highest BCUT2D eigenvalue weighted by Gasteiger charge is 2.20. The van der Waals surface area contributed by atoms with E-state index in [0.29, 0.717) is 13.1 Å². The Morgan fingerprint density at radius 3 is 1.70 bits per heavy atom. The second-order valence-electron chi connectivity index (χ2n) is 4.92. The molecule has 0 aliphatic carbocycles. The van der Waals surface area contributed by atoms with Gasteiger partial charge in [0.1, 0.15) is 6.10 Å². The molecule has 0 saturated heterocycles. The molecule has 0 heterocycles. The van der Waals surface area contributed by atoms with Crippen LogP contribution in [0.4, 0.5) is 0 Å². The second-order valence-corrected chi connectivity index (χ2v) is 4.92. The molecule has 0 aromatic rings. The zero-order valence-corrected chi connectivity index (χ0v) is 13.3. The summed E-state index contributed by atoms with van der Waals surface area (Å²) in [5.41, 5.74) is 0. The molecule has 0 rings (SSSR count). The molecule has 0 aliphatic rings. The first-order chi connectivity index (χ1) is 9.48. The van der Waals surface area contributed by atoms with Gasteiger partial charge in [0.25, 0.3) is 0 Å². The predicted octanol–water partition coefficient (Wildman–Crippen LogP) is -0.273. The van der Waals surface area contributed by atoms with Crippen molar-refractivity contribution < 1.29 is 20.1 Å². The van der Waals surface area contributed by atoms with Crippen molar-refractivity contribution in [1.82, 2.24) is 9.80 Å². The molecule has 122 valence electrons. The smallest absolute Gasteiger partial charge is 0.182 e. The van der Waals surface area contributed by atoms with Gasteiger partial charge in [-0.25, -0.2) is 0 Å². The van der Waals surface area contributed by atoms with Crippen molar-refractivity contribution in [2.75, 3.05) is 45.9 Å². The van der Waals surface area contributed by atoms with Crippen LogP contribution in [0.3, 0.4) is 0 Å². The van der Waals surface area contributed by atoms with Crippen LogP contribution in [0.2, 0.25) is 0 Å². The van der Waals surface area contributed by atoms with Crippen LogP contribution in [0, 0.1) is 0 Å². The molecule has 0 saturated carbocycles. The first-order valence-electron chi connectivity index (χ1n) is 7.58. The fourth-order valence-corrected chi connectivity index (χ4v) is 1.99. The Morgan fingerprint density at radius 1 is 0.800 bits per heavy atom. The summed E-state index contributed by atoms with van der Waals surface area (Å²) < 4.78 is 5.15. The van der Waals surface area contributed by atoms with E-state index in [1.165, 1.54) is 0 Å². The first kappa shape index (κ1) is 19.8. The summed E-state index contributed by atoms with van der Waals surface area (Å²) in [5, 5.41) is 29.4. The van der Waals surface area contributed by atoms with Gasteiger partial charge < -0.3 is 29.9 Å². The third-order valence-electron chi connectivity index (χ3n) is 3.49. The van der Waals surface area contributed by atoms with Crippen LogP contribution >= 0.6 is 0 Å². The summed E-state index contributed by atoms with van der Waals surface area (Å²) in [4.78, 5) is 4.08. The van der Waals surface area contributed by atoms with Gasteiger partial charge in [-0.2, -0.15) is 0 Å². The van der Waals surface area contributed by atoms with Gasteiger partial charge in [-0.15, -0.1) is 0 Å². The first-order valence-corrected chi connectivity index (χ1v) is 7.58. The highest BCUT2D eigenvalue weighted by atomic mass is 16.6. The lowest BCUT2D eigenvalue weighted by Gasteiger charge is -2.26. The minimum Gasteiger partial charge on any atom is -0.389 e. The van der Waals surface area contributed by atoms with Gasteiger partial charge in [0.2, 0.25) is 0 Å². The SMILES string of the molecule is CCN(CC)CC(O)COC(O)C(O)CN(CC)CC. The highest BCUT2D eigenvalue weighted by Crippen LogP contribution is 2.02. The third kappa shape index (κ3) is 8.14. The van der Waals surface area contributed by atoms with Gasteiger partial charge in [0.05, 0.1) is 12.7 Å². The molecule has 0 aromatic heterocycles. The highest BCUT2D eigenvalue weighted by molar-refractivity contribution is 4.67. The Balaban J connectivity index is 3.98. The summed E-state index contributed by atoms with van der Waals surface area (Å²) in [6.45, 7) is 12.3. The number of rotatable bonds is 12. The van der Waals surface area contributed by atoms with Gasteiger partial charge in [-0.05, 0) is 26.2 Å². The van der Waals surface area contributed by atoms with Crippen molar-refractivity contribution >= 4 is 0 Å². The molecule has 6 heteroatoms. The van der Waals surface area contributed by atoms with Crippen LogP contribution in [0.1, 0.15) is 27.7 Å². The number of hydrogen-bond acceptors (Lipinski definition) is 6. The van der Waals surface area contributed by atoms with Crippen molar-refractivity contribution in [3.63, 3.8) is 0 Å². The van der Waals surface area contributed by atoms with Crippen molar-refractivity contribution in [2.45, 2.75) is 46.2 Å². The van der Waals surface area contributed by atoms with Crippen LogP contribution in [-0.4, -0.2) is 89.5 Å². The van der Waals surface area contributed by atoms with E-state index >= 15 is 0 Å². The lowest BCUT2D eigenvalue weighted by Crippen LogP contribution is -2.42. The fraction of sp³-hybridized carbons (Fsp3) is 1.00. The quantitative estimate of drug-likeness (QED) is 0.430. The van der Waals surface area contributed by atoms with E-state index < -0.39 is 18.5 Å². The third-order valence-corrected chi connectivity index (χ3v) is 3.49. The molecule has 3 unspecified atom stereocenters. The fourth-order valence-electron chi connectivity index (χ4n) is 1.99. The van der Waals surface area contributed by atoms with Crippen LogP contribution < -0.4 is 0 Å². The van der Waals surface area contributed by atoms with E-state index in [-0.39, 0.29) is 6.61 Å². The van der Waals surface area contributed by atoms with Crippen molar-refractivity contribution in [3.8, 4) is 0 Å². The Morgan fingerprint density at radius 2 is 1.25 bits per heavy atom. The van der Waals surface area contributed by atoms with Gasteiger partial charge in [-0.1, -0.05) is 27.7 Å². The van der Waals surface area contributed by atoms with Gasteiger partial charge in [0.15, 0.2) is 6.29 Å². The van der Waals surface area contributed by atoms with Gasteiger partial charge >= 0.3 is 0 Å². The van der Waals surface area contributed by atoms with Crippen LogP contribution in [0.5, 0.6) is 0 Å². The van der Waals surface area contributed by atoms with E-state index in [9.17, 15) is 15.3 Å². The monoisotopic (exact) mass is 292 g/mol. The maximum Gasteiger partial charge on any atom is 0.182 e. The maximum absolute atomic E-state index is 9.83. The summed E-state index contributed by atoms with van der Waals surface area (Å²) in [5.74, 6) is 0. The number of ether oxygens (including phenoxy) is 1. The summed E-state index contributed by atoms with van der Waals surface area (Å²) in [6, 6.07) is 0. The average molecular weight is 292 g/mol. The topological polar surface area (TPSA) is 76.4 Å². The summed E-state index contributed by atoms with van der Waals surface area (Å²) >= 11 is 0. The molecule has 3 atom stereocenters. The molecule has 0 aromatic carbocycles. The summed E-state index contributed by atoms with van der Waals surface area (Å²) in [6.07, 6.45) is -2.89. The lowest BCUT2D eigenvalue weighted by atomic mass is 10.3. The Labute approximate surface area is 122 Å². The van der Waals surface area contributed by atoms with Crippen LogP contribution in [0.15, 0.2) is 0 Å². The molecule has 0 spiro atoms. The molecular formula is C14H32N2O4. The molecule has 0 bridgehead atoms. The van der Waals surface area contributed by atoms with Crippen molar-refractivity contribution in [2.24, 2.45) is 0 Å². The molecule has 20 heavy (non-hydrogen) atoms. The van der Waals surface area contributed by atoms with Crippen LogP contribution in [0.25, 0.3) is 0 Å². The molecule has 0 aliphatic heterocycles. The van der Waals surface area contributed by atoms with Crippen molar-refractivity contribution in [3.05, 3.63) is 0 Å². The molecule has 6 nitrogen and oxygen atoms in total. The van der Waals surface area contributed by atoms with E-state index in [0.717, 1.165) is 26.2 Å². The Kier molecular flexibility index (Phi) is 11.3. The molecule has 0 radical (unpaired) electrons. The van der Waals surface area contributed by atoms with Gasteiger partial charge in [0, 0.05) is 13.1 Å². The number of hydrogen-bond donors (Lipinski definition) is 3. The van der Waals surface area contributed by atoms with Crippen molar-refractivity contribution in [1.29, 1.82) is 0 Å². The standard InChI is InChI=1S/C14H32N2O4/c1-5-15(6-2)9-12(17)11-20-14(19)13(18)10-16(7-3)8-4/h12-14,17-19H,5-11H2,1-4H3. The van der Waals surface area contributed by atoms with Gasteiger partial charge in [-0.3, -0.25) is 0 Å². The van der Waals surface area contributed by atoms with E-state index in [1.54, 1.807) is 0 Å². The number of aliphatic hydroxyl groups excluding tert-OH is 3. The molecule has 0 amide bonds. The summed E-state index contributed by atoms with van der Waals surface area (Å²) in [7, 11) is 0. The van der Waals surface area contributed by atoms with E-state index in [1.807, 2.05) is 32.6 Å². The maximum atomic E-state index is 9.83.